The minimum absolute atomic E-state index is 0.0834. The number of anilines is 1. The third kappa shape index (κ3) is 4.98. The molecule has 2 aliphatic rings. The van der Waals surface area contributed by atoms with Crippen molar-refractivity contribution in [1.29, 1.82) is 0 Å². The van der Waals surface area contributed by atoms with Gasteiger partial charge in [0.2, 0.25) is 5.91 Å². The zero-order valence-corrected chi connectivity index (χ0v) is 18.1. The van der Waals surface area contributed by atoms with Gasteiger partial charge in [0.1, 0.15) is 6.54 Å². The molecule has 1 atom stereocenters. The fourth-order valence-electron chi connectivity index (χ4n) is 4.23. The minimum atomic E-state index is -0.324. The molecule has 2 aromatic rings. The third-order valence-electron chi connectivity index (χ3n) is 5.94. The number of nitrogens with zero attached hydrogens (tertiary/aromatic N) is 2. The van der Waals surface area contributed by atoms with Crippen molar-refractivity contribution in [1.82, 2.24) is 14.9 Å². The van der Waals surface area contributed by atoms with E-state index in [1.165, 1.54) is 45.5 Å². The second-order valence-electron chi connectivity index (χ2n) is 8.48. The Kier molecular flexibility index (Phi) is 6.32. The number of carbonyl (C=O) groups is 2. The fraction of sp³-hybridized carbons (Fsp3) is 0.545. The van der Waals surface area contributed by atoms with E-state index < -0.39 is 0 Å². The SMILES string of the molecule is C[C@H]1CCc2nc(NC(=O)c3ccc(=O)n(CC(=O)NC4CCCCC4)c3)sc2C1. The number of pyridine rings is 1. The molecule has 2 N–H and O–H groups in total. The molecule has 30 heavy (non-hydrogen) atoms. The summed E-state index contributed by atoms with van der Waals surface area (Å²) in [6, 6.07) is 3.01. The molecule has 7 nitrogen and oxygen atoms in total. The summed E-state index contributed by atoms with van der Waals surface area (Å²) in [5.41, 5.74) is 1.11. The summed E-state index contributed by atoms with van der Waals surface area (Å²) in [5.74, 6) is 0.128. The molecule has 0 bridgehead atoms. The number of fused-ring (bicyclic) bond motifs is 1. The van der Waals surface area contributed by atoms with Crippen molar-refractivity contribution in [3.63, 3.8) is 0 Å². The Bertz CT molecular complexity index is 991. The van der Waals surface area contributed by atoms with Crippen LogP contribution in [0.2, 0.25) is 0 Å². The van der Waals surface area contributed by atoms with Gasteiger partial charge < -0.3 is 9.88 Å². The maximum absolute atomic E-state index is 12.7. The highest BCUT2D eigenvalue weighted by Crippen LogP contribution is 2.32. The molecule has 0 unspecified atom stereocenters. The number of hydrogen-bond acceptors (Lipinski definition) is 5. The van der Waals surface area contributed by atoms with E-state index in [1.54, 1.807) is 0 Å². The molecule has 4 rings (SSSR count). The number of thiazole rings is 1. The number of rotatable bonds is 5. The third-order valence-corrected chi connectivity index (χ3v) is 6.97. The number of hydrogen-bond donors (Lipinski definition) is 2. The molecule has 0 spiro atoms. The average Bonchev–Trinajstić information content (AvgIpc) is 3.11. The molecule has 8 heteroatoms. The van der Waals surface area contributed by atoms with E-state index in [1.807, 2.05) is 0 Å². The molecule has 160 valence electrons. The molecule has 0 radical (unpaired) electrons. The first-order chi connectivity index (χ1) is 14.5. The van der Waals surface area contributed by atoms with Crippen LogP contribution < -0.4 is 16.2 Å². The smallest absolute Gasteiger partial charge is 0.258 e. The van der Waals surface area contributed by atoms with Gasteiger partial charge in [-0.1, -0.05) is 26.2 Å². The number of amides is 2. The Labute approximate surface area is 179 Å². The Hall–Kier alpha value is -2.48. The van der Waals surface area contributed by atoms with Crippen LogP contribution in [0.5, 0.6) is 0 Å². The number of nitrogens with one attached hydrogen (secondary N) is 2. The highest BCUT2D eigenvalue weighted by molar-refractivity contribution is 7.15. The highest BCUT2D eigenvalue weighted by Gasteiger charge is 2.21. The maximum atomic E-state index is 12.7. The molecule has 2 heterocycles. The monoisotopic (exact) mass is 428 g/mol. The van der Waals surface area contributed by atoms with Crippen molar-refractivity contribution in [3.05, 3.63) is 44.8 Å². The van der Waals surface area contributed by atoms with Crippen LogP contribution in [-0.2, 0) is 24.2 Å². The second kappa shape index (κ2) is 9.12. The van der Waals surface area contributed by atoms with E-state index in [4.69, 9.17) is 0 Å². The predicted octanol–water partition coefficient (Wildman–Crippen LogP) is 3.13. The minimum Gasteiger partial charge on any atom is -0.352 e. The molecule has 0 saturated heterocycles. The summed E-state index contributed by atoms with van der Waals surface area (Å²) in [7, 11) is 0. The zero-order chi connectivity index (χ0) is 21.1. The molecular weight excluding hydrogens is 400 g/mol. The summed E-state index contributed by atoms with van der Waals surface area (Å²) in [4.78, 5) is 43.0. The van der Waals surface area contributed by atoms with Gasteiger partial charge in [0.05, 0.1) is 11.3 Å². The molecule has 0 aromatic carbocycles. The Morgan fingerprint density at radius 3 is 2.80 bits per heavy atom. The average molecular weight is 429 g/mol. The van der Waals surface area contributed by atoms with Gasteiger partial charge in [-0.3, -0.25) is 19.7 Å². The topological polar surface area (TPSA) is 93.1 Å². The Morgan fingerprint density at radius 2 is 2.00 bits per heavy atom. The first-order valence-electron chi connectivity index (χ1n) is 10.8. The molecule has 2 aliphatic carbocycles. The van der Waals surface area contributed by atoms with Crippen molar-refractivity contribution < 1.29 is 9.59 Å². The van der Waals surface area contributed by atoms with E-state index in [9.17, 15) is 14.4 Å². The summed E-state index contributed by atoms with van der Waals surface area (Å²) >= 11 is 1.52. The summed E-state index contributed by atoms with van der Waals surface area (Å²) in [5, 5.41) is 6.45. The van der Waals surface area contributed by atoms with Crippen molar-refractivity contribution in [3.8, 4) is 0 Å². The zero-order valence-electron chi connectivity index (χ0n) is 17.3. The van der Waals surface area contributed by atoms with Crippen LogP contribution in [0.3, 0.4) is 0 Å². The lowest BCUT2D eigenvalue weighted by Gasteiger charge is -2.22. The van der Waals surface area contributed by atoms with Crippen LogP contribution >= 0.6 is 11.3 Å². The number of carbonyl (C=O) groups excluding carboxylic acids is 2. The number of aryl methyl sites for hydroxylation is 1. The first kappa shape index (κ1) is 20.8. The lowest BCUT2D eigenvalue weighted by molar-refractivity contribution is -0.122. The van der Waals surface area contributed by atoms with Crippen LogP contribution in [0.1, 0.15) is 66.4 Å². The van der Waals surface area contributed by atoms with Crippen molar-refractivity contribution >= 4 is 28.3 Å². The van der Waals surface area contributed by atoms with Crippen molar-refractivity contribution in [2.24, 2.45) is 5.92 Å². The predicted molar refractivity (Wildman–Crippen MR) is 117 cm³/mol. The van der Waals surface area contributed by atoms with E-state index in [0.29, 0.717) is 16.6 Å². The van der Waals surface area contributed by atoms with Gasteiger partial charge in [-0.2, -0.15) is 0 Å². The van der Waals surface area contributed by atoms with Gasteiger partial charge in [-0.25, -0.2) is 4.98 Å². The van der Waals surface area contributed by atoms with E-state index in [2.05, 4.69) is 22.5 Å². The quantitative estimate of drug-likeness (QED) is 0.765. The highest BCUT2D eigenvalue weighted by atomic mass is 32.1. The molecule has 1 fully saturated rings. The Balaban J connectivity index is 1.41. The van der Waals surface area contributed by atoms with Gasteiger partial charge in [0.15, 0.2) is 5.13 Å². The van der Waals surface area contributed by atoms with Crippen molar-refractivity contribution in [2.45, 2.75) is 70.9 Å². The molecule has 0 aliphatic heterocycles. The molecule has 2 amide bonds. The van der Waals surface area contributed by atoms with Gasteiger partial charge in [-0.15, -0.1) is 11.3 Å². The van der Waals surface area contributed by atoms with Gasteiger partial charge >= 0.3 is 0 Å². The van der Waals surface area contributed by atoms with Crippen LogP contribution in [0.4, 0.5) is 5.13 Å². The summed E-state index contributed by atoms with van der Waals surface area (Å²) in [6.45, 7) is 2.15. The second-order valence-corrected chi connectivity index (χ2v) is 9.56. The van der Waals surface area contributed by atoms with E-state index >= 15 is 0 Å². The van der Waals surface area contributed by atoms with E-state index in [-0.39, 0.29) is 30.0 Å². The number of aromatic nitrogens is 2. The molecular formula is C22H28N4O3S. The first-order valence-corrected chi connectivity index (χ1v) is 11.6. The standard InChI is InChI=1S/C22H28N4O3S/c1-14-7-9-17-18(11-14)30-22(24-17)25-21(29)15-8-10-20(28)26(12-15)13-19(27)23-16-5-3-2-4-6-16/h8,10,12,14,16H,2-7,9,11,13H2,1H3,(H,23,27)(H,24,25,29)/t14-/m0/s1. The fourth-order valence-corrected chi connectivity index (χ4v) is 5.39. The van der Waals surface area contributed by atoms with Gasteiger partial charge in [0, 0.05) is 23.2 Å². The molecule has 1 saturated carbocycles. The van der Waals surface area contributed by atoms with Crippen LogP contribution in [0, 0.1) is 5.92 Å². The normalized spacial score (nSPS) is 19.2. The largest absolute Gasteiger partial charge is 0.352 e. The molecule has 2 aromatic heterocycles. The van der Waals surface area contributed by atoms with E-state index in [0.717, 1.165) is 50.6 Å². The van der Waals surface area contributed by atoms with Crippen LogP contribution in [0.25, 0.3) is 0 Å². The lowest BCUT2D eigenvalue weighted by Crippen LogP contribution is -2.39. The van der Waals surface area contributed by atoms with Crippen molar-refractivity contribution in [2.75, 3.05) is 5.32 Å². The van der Waals surface area contributed by atoms with Gasteiger partial charge in [0.25, 0.3) is 11.5 Å². The van der Waals surface area contributed by atoms with Crippen LogP contribution in [0.15, 0.2) is 23.1 Å². The summed E-state index contributed by atoms with van der Waals surface area (Å²) < 4.78 is 1.29. The Morgan fingerprint density at radius 1 is 1.20 bits per heavy atom. The van der Waals surface area contributed by atoms with Crippen LogP contribution in [-0.4, -0.2) is 27.4 Å². The maximum Gasteiger partial charge on any atom is 0.258 e. The summed E-state index contributed by atoms with van der Waals surface area (Å²) in [6.07, 6.45) is 9.96. The van der Waals surface area contributed by atoms with Gasteiger partial charge in [-0.05, 0) is 44.1 Å². The lowest BCUT2D eigenvalue weighted by atomic mass is 9.93.